The largest absolute Gasteiger partial charge is 0.334 e. The van der Waals surface area contributed by atoms with Gasteiger partial charge < -0.3 is 9.38 Å². The van der Waals surface area contributed by atoms with Crippen LogP contribution >= 0.6 is 11.6 Å². The minimum atomic E-state index is 0.0480. The maximum atomic E-state index is 12.0. The minimum Gasteiger partial charge on any atom is -0.334 e. The Morgan fingerprint density at radius 3 is 2.60 bits per heavy atom. The second-order valence-corrected chi connectivity index (χ2v) is 6.29. The highest BCUT2D eigenvalue weighted by molar-refractivity contribution is 6.30. The number of amides is 1. The van der Waals surface area contributed by atoms with E-state index in [4.69, 9.17) is 11.6 Å². The molecule has 0 spiro atoms. The monoisotopic (exact) mass is 293 g/mol. The van der Waals surface area contributed by atoms with E-state index in [9.17, 15) is 4.79 Å². The summed E-state index contributed by atoms with van der Waals surface area (Å²) in [5.74, 6) is 6.17. The maximum Gasteiger partial charge on any atom is 0.227 e. The van der Waals surface area contributed by atoms with Crippen LogP contribution in [0.15, 0.2) is 24.3 Å². The predicted octanol–water partition coefficient (Wildman–Crippen LogP) is 2.05. The first-order valence-corrected chi connectivity index (χ1v) is 6.90. The molecule has 0 atom stereocenters. The molecule has 0 fully saturated rings. The van der Waals surface area contributed by atoms with E-state index in [2.05, 4.69) is 33.0 Å². The van der Waals surface area contributed by atoms with Crippen LogP contribution in [0, 0.1) is 11.8 Å². The highest BCUT2D eigenvalue weighted by Gasteiger charge is 2.08. The third-order valence-corrected chi connectivity index (χ3v) is 2.90. The number of nitrogens with zero attached hydrogens (tertiary/aromatic N) is 2. The number of hydrogen-bond acceptors (Lipinski definition) is 1. The molecule has 4 heteroatoms. The molecule has 0 saturated heterocycles. The van der Waals surface area contributed by atoms with E-state index in [-0.39, 0.29) is 5.91 Å². The summed E-state index contributed by atoms with van der Waals surface area (Å²) in [7, 11) is 8.03. The highest BCUT2D eigenvalue weighted by atomic mass is 35.5. The lowest BCUT2D eigenvalue weighted by Gasteiger charge is -2.20. The lowest BCUT2D eigenvalue weighted by atomic mass is 10.1. The fraction of sp³-hybridized carbons (Fsp3) is 0.438. The molecule has 0 unspecified atom stereocenters. The van der Waals surface area contributed by atoms with Gasteiger partial charge in [-0.2, -0.15) is 0 Å². The van der Waals surface area contributed by atoms with Crippen molar-refractivity contribution < 1.29 is 9.28 Å². The van der Waals surface area contributed by atoms with E-state index in [1.54, 1.807) is 18.0 Å². The number of carbonyl (C=O) groups is 1. The second kappa shape index (κ2) is 7.33. The van der Waals surface area contributed by atoms with Crippen molar-refractivity contribution in [3.05, 3.63) is 34.9 Å². The fourth-order valence-electron chi connectivity index (χ4n) is 1.51. The zero-order valence-electron chi connectivity index (χ0n) is 12.6. The summed E-state index contributed by atoms with van der Waals surface area (Å²) < 4.78 is 0.799. The molecule has 108 valence electrons. The van der Waals surface area contributed by atoms with Crippen LogP contribution in [0.3, 0.4) is 0 Å². The van der Waals surface area contributed by atoms with Gasteiger partial charge >= 0.3 is 0 Å². The van der Waals surface area contributed by atoms with Crippen molar-refractivity contribution in [1.29, 1.82) is 0 Å². The molecule has 0 aromatic heterocycles. The third kappa shape index (κ3) is 6.60. The summed E-state index contributed by atoms with van der Waals surface area (Å²) in [6.45, 7) is 1.23. The van der Waals surface area contributed by atoms with Crippen molar-refractivity contribution in [2.24, 2.45) is 0 Å². The van der Waals surface area contributed by atoms with Crippen molar-refractivity contribution in [1.82, 2.24) is 4.90 Å². The van der Waals surface area contributed by atoms with E-state index >= 15 is 0 Å². The normalized spacial score (nSPS) is 10.7. The molecular formula is C16H22ClN2O+. The Hall–Kier alpha value is -1.50. The second-order valence-electron chi connectivity index (χ2n) is 5.86. The SMILES string of the molecule is CN(CC#CC[N+](C)(C)C)C(=O)Cc1cccc(Cl)c1. The molecule has 0 bridgehead atoms. The fourth-order valence-corrected chi connectivity index (χ4v) is 1.73. The quantitative estimate of drug-likeness (QED) is 0.615. The van der Waals surface area contributed by atoms with E-state index < -0.39 is 0 Å². The van der Waals surface area contributed by atoms with Crippen molar-refractivity contribution in [2.45, 2.75) is 6.42 Å². The summed E-state index contributed by atoms with van der Waals surface area (Å²) in [5, 5.41) is 0.653. The Morgan fingerprint density at radius 2 is 2.00 bits per heavy atom. The molecular weight excluding hydrogens is 272 g/mol. The summed E-state index contributed by atoms with van der Waals surface area (Å²) in [5.41, 5.74) is 0.925. The first-order chi connectivity index (χ1) is 9.28. The number of rotatable bonds is 4. The van der Waals surface area contributed by atoms with Gasteiger partial charge in [0.05, 0.1) is 34.1 Å². The molecule has 0 radical (unpaired) electrons. The zero-order chi connectivity index (χ0) is 15.2. The van der Waals surface area contributed by atoms with Crippen LogP contribution in [0.4, 0.5) is 0 Å². The Kier molecular flexibility index (Phi) is 6.06. The molecule has 20 heavy (non-hydrogen) atoms. The van der Waals surface area contributed by atoms with Crippen LogP contribution in [-0.2, 0) is 11.2 Å². The van der Waals surface area contributed by atoms with Crippen molar-refractivity contribution in [3.63, 3.8) is 0 Å². The maximum absolute atomic E-state index is 12.0. The number of likely N-dealkylation sites (N-methyl/N-ethyl adjacent to an activating group) is 1. The molecule has 0 aliphatic heterocycles. The first-order valence-electron chi connectivity index (χ1n) is 6.52. The molecule has 1 rings (SSSR count). The minimum absolute atomic E-state index is 0.0480. The predicted molar refractivity (Wildman–Crippen MR) is 83.5 cm³/mol. The summed E-state index contributed by atoms with van der Waals surface area (Å²) >= 11 is 5.90. The van der Waals surface area contributed by atoms with Crippen LogP contribution in [0.2, 0.25) is 5.02 Å². The smallest absolute Gasteiger partial charge is 0.227 e. The van der Waals surface area contributed by atoms with Gasteiger partial charge in [-0.15, -0.1) is 0 Å². The van der Waals surface area contributed by atoms with Gasteiger partial charge in [-0.3, -0.25) is 4.79 Å². The van der Waals surface area contributed by atoms with Crippen molar-refractivity contribution >= 4 is 17.5 Å². The van der Waals surface area contributed by atoms with Gasteiger partial charge in [-0.1, -0.05) is 29.7 Å². The lowest BCUT2D eigenvalue weighted by molar-refractivity contribution is -0.862. The Bertz CT molecular complexity index is 523. The average Bonchev–Trinajstić information content (AvgIpc) is 2.33. The van der Waals surface area contributed by atoms with E-state index in [0.717, 1.165) is 16.6 Å². The van der Waals surface area contributed by atoms with E-state index in [1.165, 1.54) is 0 Å². The van der Waals surface area contributed by atoms with Gasteiger partial charge in [0, 0.05) is 12.1 Å². The zero-order valence-corrected chi connectivity index (χ0v) is 13.4. The molecule has 3 nitrogen and oxygen atoms in total. The van der Waals surface area contributed by atoms with Gasteiger partial charge in [-0.25, -0.2) is 0 Å². The Balaban J connectivity index is 2.47. The molecule has 0 N–H and O–H groups in total. The first kappa shape index (κ1) is 16.6. The van der Waals surface area contributed by atoms with E-state index in [1.807, 2.05) is 18.2 Å². The number of halogens is 1. The summed E-state index contributed by atoms with van der Waals surface area (Å²) in [6.07, 6.45) is 0.355. The molecule has 1 aromatic carbocycles. The van der Waals surface area contributed by atoms with Gasteiger partial charge in [0.2, 0.25) is 5.91 Å². The molecule has 0 aliphatic rings. The number of carbonyl (C=O) groups excluding carboxylic acids is 1. The van der Waals surface area contributed by atoms with Crippen molar-refractivity contribution in [2.75, 3.05) is 41.3 Å². The highest BCUT2D eigenvalue weighted by Crippen LogP contribution is 2.11. The van der Waals surface area contributed by atoms with Gasteiger partial charge in [0.25, 0.3) is 0 Å². The number of hydrogen-bond donors (Lipinski definition) is 0. The summed E-state index contributed by atoms with van der Waals surface area (Å²) in [4.78, 5) is 13.7. The molecule has 1 aromatic rings. The molecule has 0 heterocycles. The van der Waals surface area contributed by atoms with Crippen LogP contribution in [0.1, 0.15) is 5.56 Å². The van der Waals surface area contributed by atoms with Gasteiger partial charge in [0.1, 0.15) is 6.54 Å². The standard InChI is InChI=1S/C16H22ClN2O/c1-18(10-5-6-11-19(2,3)4)16(20)13-14-8-7-9-15(17)12-14/h7-9,12H,10-11,13H2,1-4H3/q+1. The van der Waals surface area contributed by atoms with Gasteiger partial charge in [-0.05, 0) is 23.6 Å². The molecule has 0 saturated carbocycles. The van der Waals surface area contributed by atoms with Crippen LogP contribution in [0.5, 0.6) is 0 Å². The van der Waals surface area contributed by atoms with Crippen LogP contribution in [-0.4, -0.2) is 56.6 Å². The average molecular weight is 294 g/mol. The third-order valence-electron chi connectivity index (χ3n) is 2.66. The van der Waals surface area contributed by atoms with Crippen molar-refractivity contribution in [3.8, 4) is 11.8 Å². The van der Waals surface area contributed by atoms with Gasteiger partial charge in [0.15, 0.2) is 0 Å². The summed E-state index contributed by atoms with van der Waals surface area (Å²) in [6, 6.07) is 7.37. The Morgan fingerprint density at radius 1 is 1.30 bits per heavy atom. The molecule has 1 amide bonds. The number of quaternary nitrogens is 1. The number of benzene rings is 1. The topological polar surface area (TPSA) is 20.3 Å². The van der Waals surface area contributed by atoms with E-state index in [0.29, 0.717) is 18.0 Å². The lowest BCUT2D eigenvalue weighted by Crippen LogP contribution is -2.34. The van der Waals surface area contributed by atoms with Crippen LogP contribution < -0.4 is 0 Å². The Labute approximate surface area is 126 Å². The van der Waals surface area contributed by atoms with Crippen LogP contribution in [0.25, 0.3) is 0 Å². The molecule has 0 aliphatic carbocycles.